The van der Waals surface area contributed by atoms with E-state index in [1.54, 1.807) is 25.8 Å². The number of pyridine rings is 1. The van der Waals surface area contributed by atoms with E-state index in [0.29, 0.717) is 61.8 Å². The monoisotopic (exact) mass is 770 g/mol. The van der Waals surface area contributed by atoms with Gasteiger partial charge in [0, 0.05) is 72.8 Å². The van der Waals surface area contributed by atoms with E-state index >= 15 is 0 Å². The molecule has 8 N–H and O–H groups in total. The highest BCUT2D eigenvalue weighted by atomic mass is 35.5. The number of carbonyl (C=O) groups is 3. The molecule has 284 valence electrons. The van der Waals surface area contributed by atoms with Crippen molar-refractivity contribution >= 4 is 52.0 Å². The molecule has 3 aromatic heterocycles. The van der Waals surface area contributed by atoms with Gasteiger partial charge < -0.3 is 41.9 Å². The summed E-state index contributed by atoms with van der Waals surface area (Å²) in [7, 11) is 1.63. The first-order chi connectivity index (χ1) is 26.3. The van der Waals surface area contributed by atoms with Crippen LogP contribution < -0.4 is 27.4 Å². The van der Waals surface area contributed by atoms with Gasteiger partial charge >= 0.3 is 0 Å². The topological polar surface area (TPSA) is 189 Å². The van der Waals surface area contributed by atoms with Gasteiger partial charge in [0.2, 0.25) is 17.7 Å². The SMILES string of the molecule is CN1C(=O)[C@H](CCCCN)NC(=O)[C@H](CCCN)NCc2cccnc2Sc2c(Cl)cc(-n3ccnc3)cc2CNC(=O)[C@@H]1Cc1c[nH]c2ccccc12. The number of rotatable bonds is 10. The fraction of sp³-hybridized carbons (Fsp3) is 0.359. The Bertz CT molecular complexity index is 2060. The number of nitrogens with two attached hydrogens (primary N) is 2. The Labute approximate surface area is 324 Å². The third kappa shape index (κ3) is 9.31. The van der Waals surface area contributed by atoms with Crippen LogP contribution in [0.4, 0.5) is 0 Å². The molecule has 54 heavy (non-hydrogen) atoms. The van der Waals surface area contributed by atoms with Crippen molar-refractivity contribution in [2.45, 2.75) is 79.7 Å². The number of imidazole rings is 1. The molecule has 0 fully saturated rings. The number of nitrogens with one attached hydrogen (secondary N) is 4. The van der Waals surface area contributed by atoms with Crippen molar-refractivity contribution in [3.05, 3.63) is 101 Å². The van der Waals surface area contributed by atoms with E-state index in [-0.39, 0.29) is 30.7 Å². The maximum absolute atomic E-state index is 14.5. The summed E-state index contributed by atoms with van der Waals surface area (Å²) in [6, 6.07) is 13.0. The first-order valence-corrected chi connectivity index (χ1v) is 19.4. The average Bonchev–Trinajstić information content (AvgIpc) is 3.87. The summed E-state index contributed by atoms with van der Waals surface area (Å²) in [5.74, 6) is -1.03. The molecule has 0 radical (unpaired) electrons. The van der Waals surface area contributed by atoms with Crippen LogP contribution >= 0.6 is 23.4 Å². The lowest BCUT2D eigenvalue weighted by Crippen LogP contribution is -2.57. The van der Waals surface area contributed by atoms with Crippen LogP contribution in [0.25, 0.3) is 16.6 Å². The molecule has 5 aromatic rings. The minimum absolute atomic E-state index is 0.119. The minimum atomic E-state index is -0.918. The number of aromatic amines is 1. The van der Waals surface area contributed by atoms with Crippen LogP contribution in [0.3, 0.4) is 0 Å². The van der Waals surface area contributed by atoms with Crippen molar-refractivity contribution in [1.29, 1.82) is 0 Å². The Morgan fingerprint density at radius 2 is 1.74 bits per heavy atom. The zero-order valence-electron chi connectivity index (χ0n) is 30.3. The highest BCUT2D eigenvalue weighted by molar-refractivity contribution is 7.99. The van der Waals surface area contributed by atoms with E-state index in [9.17, 15) is 14.4 Å². The van der Waals surface area contributed by atoms with Gasteiger partial charge in [0.25, 0.3) is 0 Å². The Kier molecular flexibility index (Phi) is 13.4. The number of carbonyl (C=O) groups excluding carboxylic acids is 3. The maximum atomic E-state index is 14.5. The van der Waals surface area contributed by atoms with E-state index in [0.717, 1.165) is 38.2 Å². The number of para-hydroxylation sites is 1. The normalized spacial score (nSPS) is 18.9. The van der Waals surface area contributed by atoms with Gasteiger partial charge in [-0.2, -0.15) is 0 Å². The van der Waals surface area contributed by atoms with E-state index in [2.05, 4.69) is 25.9 Å². The Balaban J connectivity index is 1.43. The molecule has 0 unspecified atom stereocenters. The molecule has 1 aliphatic heterocycles. The van der Waals surface area contributed by atoms with Crippen LogP contribution in [0, 0.1) is 0 Å². The smallest absolute Gasteiger partial charge is 0.245 e. The Morgan fingerprint density at radius 3 is 2.54 bits per heavy atom. The highest BCUT2D eigenvalue weighted by Gasteiger charge is 2.34. The quantitative estimate of drug-likeness (QED) is 0.114. The molecule has 0 saturated carbocycles. The van der Waals surface area contributed by atoms with Gasteiger partial charge in [-0.3, -0.25) is 14.4 Å². The molecule has 0 bridgehead atoms. The molecule has 6 rings (SSSR count). The number of nitrogens with zero attached hydrogens (tertiary/aromatic N) is 4. The van der Waals surface area contributed by atoms with Crippen LogP contribution in [-0.2, 0) is 33.9 Å². The van der Waals surface area contributed by atoms with E-state index in [1.165, 1.54) is 16.7 Å². The number of hydrogen-bond acceptors (Lipinski definition) is 9. The van der Waals surface area contributed by atoms with Crippen molar-refractivity contribution in [3.63, 3.8) is 0 Å². The number of amides is 3. The Morgan fingerprint density at radius 1 is 0.926 bits per heavy atom. The van der Waals surface area contributed by atoms with Crippen LogP contribution in [-0.4, -0.2) is 80.4 Å². The lowest BCUT2D eigenvalue weighted by atomic mass is 10.0. The van der Waals surface area contributed by atoms with Gasteiger partial charge in [-0.25, -0.2) is 9.97 Å². The molecule has 0 aliphatic carbocycles. The van der Waals surface area contributed by atoms with Crippen LogP contribution in [0.1, 0.15) is 48.8 Å². The second-order valence-corrected chi connectivity index (χ2v) is 14.8. The second kappa shape index (κ2) is 18.5. The molecular formula is C39H47ClN10O3S. The van der Waals surface area contributed by atoms with Gasteiger partial charge in [-0.05, 0) is 86.1 Å². The van der Waals surface area contributed by atoms with Gasteiger partial charge in [0.05, 0.1) is 17.4 Å². The van der Waals surface area contributed by atoms with Crippen LogP contribution in [0.5, 0.6) is 0 Å². The van der Waals surface area contributed by atoms with Crippen molar-refractivity contribution in [1.82, 2.24) is 40.4 Å². The third-order valence-corrected chi connectivity index (χ3v) is 11.4. The number of unbranched alkanes of at least 4 members (excludes halogenated alkanes) is 1. The molecule has 13 nitrogen and oxygen atoms in total. The molecule has 3 amide bonds. The summed E-state index contributed by atoms with van der Waals surface area (Å²) in [4.78, 5) is 57.4. The number of aromatic nitrogens is 4. The molecular weight excluding hydrogens is 724 g/mol. The number of likely N-dealkylation sites (N-methyl/N-ethyl adjacent to an activating group) is 1. The molecule has 4 heterocycles. The fourth-order valence-corrected chi connectivity index (χ4v) is 8.05. The second-order valence-electron chi connectivity index (χ2n) is 13.4. The average molecular weight is 771 g/mol. The molecule has 15 heteroatoms. The summed E-state index contributed by atoms with van der Waals surface area (Å²) in [5, 5.41) is 11.7. The molecule has 0 spiro atoms. The van der Waals surface area contributed by atoms with Crippen molar-refractivity contribution in [3.8, 4) is 5.69 Å². The zero-order chi connectivity index (χ0) is 38.0. The number of hydrogen-bond donors (Lipinski definition) is 6. The third-order valence-electron chi connectivity index (χ3n) is 9.73. The van der Waals surface area contributed by atoms with Gasteiger partial charge in [-0.15, -0.1) is 0 Å². The molecule has 1 aliphatic rings. The minimum Gasteiger partial charge on any atom is -0.361 e. The number of fused-ring (bicyclic) bond motifs is 3. The Hall–Kier alpha value is -4.73. The maximum Gasteiger partial charge on any atom is 0.245 e. The van der Waals surface area contributed by atoms with Crippen molar-refractivity contribution in [2.75, 3.05) is 20.1 Å². The molecule has 3 atom stereocenters. The number of halogens is 1. The van der Waals surface area contributed by atoms with Crippen molar-refractivity contribution < 1.29 is 14.4 Å². The zero-order valence-corrected chi connectivity index (χ0v) is 31.8. The number of H-pyrrole nitrogens is 1. The molecule has 2 aromatic carbocycles. The fourth-order valence-electron chi connectivity index (χ4n) is 6.71. The summed E-state index contributed by atoms with van der Waals surface area (Å²) >= 11 is 8.43. The van der Waals surface area contributed by atoms with Crippen molar-refractivity contribution in [2.24, 2.45) is 11.5 Å². The van der Waals surface area contributed by atoms with Gasteiger partial charge in [0.1, 0.15) is 17.1 Å². The van der Waals surface area contributed by atoms with Gasteiger partial charge in [-0.1, -0.05) is 47.6 Å². The summed E-state index contributed by atoms with van der Waals surface area (Å²) in [5.41, 5.74) is 15.9. The van der Waals surface area contributed by atoms with E-state index < -0.39 is 18.1 Å². The van der Waals surface area contributed by atoms with Crippen LogP contribution in [0.15, 0.2) is 89.6 Å². The predicted octanol–water partition coefficient (Wildman–Crippen LogP) is 4.06. The largest absolute Gasteiger partial charge is 0.361 e. The summed E-state index contributed by atoms with van der Waals surface area (Å²) in [6.07, 6.45) is 11.7. The number of benzene rings is 2. The van der Waals surface area contributed by atoms with Gasteiger partial charge in [0.15, 0.2) is 0 Å². The molecule has 0 saturated heterocycles. The summed E-state index contributed by atoms with van der Waals surface area (Å²) in [6.45, 7) is 1.31. The first kappa shape index (κ1) is 39.0. The first-order valence-electron chi connectivity index (χ1n) is 18.2. The predicted molar refractivity (Wildman–Crippen MR) is 211 cm³/mol. The lowest BCUT2D eigenvalue weighted by Gasteiger charge is -2.32. The standard InChI is InChI=1S/C39H47ClN10O3S/c1-49-34(19-26-22-45-31-10-3-2-9-29(26)31)37(52)47-23-27-18-28(50-17-16-43-24-50)20-30(40)35(27)54-38-25(8-7-15-44-38)21-46-32(12-6-14-42)36(51)48-33(39(49)53)11-4-5-13-41/h2-3,7-10,15-18,20,22,24,32-34,45-46H,4-6,11-14,19,21,23,41-42H2,1H3,(H,47,52)(H,48,51)/t32-,33-,34-/m0/s1. The summed E-state index contributed by atoms with van der Waals surface area (Å²) < 4.78 is 1.85. The lowest BCUT2D eigenvalue weighted by molar-refractivity contribution is -0.142. The van der Waals surface area contributed by atoms with E-state index in [1.807, 2.05) is 65.5 Å². The highest BCUT2D eigenvalue weighted by Crippen LogP contribution is 2.38. The van der Waals surface area contributed by atoms with E-state index in [4.69, 9.17) is 28.1 Å². The van der Waals surface area contributed by atoms with Crippen LogP contribution in [0.2, 0.25) is 5.02 Å².